The van der Waals surface area contributed by atoms with Crippen LogP contribution in [0.15, 0.2) is 47.5 Å². The molecule has 0 aliphatic carbocycles. The molecule has 0 radical (unpaired) electrons. The predicted molar refractivity (Wildman–Crippen MR) is 115 cm³/mol. The van der Waals surface area contributed by atoms with Gasteiger partial charge in [0, 0.05) is 37.8 Å². The van der Waals surface area contributed by atoms with Gasteiger partial charge in [-0.25, -0.2) is 13.4 Å². The van der Waals surface area contributed by atoms with Gasteiger partial charge in [-0.2, -0.15) is 5.26 Å². The molecule has 1 amide bonds. The Labute approximate surface area is 194 Å². The van der Waals surface area contributed by atoms with Crippen molar-refractivity contribution in [1.29, 1.82) is 5.26 Å². The van der Waals surface area contributed by atoms with Crippen molar-refractivity contribution >= 4 is 21.6 Å². The van der Waals surface area contributed by atoms with Crippen molar-refractivity contribution in [2.45, 2.75) is 42.6 Å². The van der Waals surface area contributed by atoms with Crippen molar-refractivity contribution in [3.8, 4) is 11.8 Å². The van der Waals surface area contributed by atoms with E-state index in [1.807, 2.05) is 6.07 Å². The Morgan fingerprint density at radius 2 is 1.82 bits per heavy atom. The Hall–Kier alpha value is -3.33. The molecule has 3 heterocycles. The number of carbonyl (C=O) groups is 1. The molecule has 0 spiro atoms. The third-order valence-electron chi connectivity index (χ3n) is 5.97. The first-order valence-electron chi connectivity index (χ1n) is 10.6. The molecule has 0 N–H and O–H groups in total. The molecular formula is C22H21F3N4O4S. The quantitative estimate of drug-likeness (QED) is 0.608. The summed E-state index contributed by atoms with van der Waals surface area (Å²) in [6.07, 6.45) is -2.20. The number of alkyl halides is 3. The number of nitrogens with zero attached hydrogens (tertiary/aromatic N) is 4. The Balaban J connectivity index is 1.41. The molecule has 2 saturated heterocycles. The van der Waals surface area contributed by atoms with E-state index in [2.05, 4.69) is 14.6 Å². The first-order chi connectivity index (χ1) is 16.1. The van der Waals surface area contributed by atoms with E-state index in [9.17, 15) is 26.4 Å². The van der Waals surface area contributed by atoms with Gasteiger partial charge in [-0.15, -0.1) is 13.2 Å². The SMILES string of the molecule is N#Cc1ccc(N2C3CCC2CN(C(=O)CCS(=O)(=O)c2ccccc2OC(F)(F)F)C3)nc1. The average molecular weight is 494 g/mol. The van der Waals surface area contributed by atoms with Crippen molar-refractivity contribution in [1.82, 2.24) is 9.88 Å². The number of rotatable bonds is 6. The Kier molecular flexibility index (Phi) is 6.40. The van der Waals surface area contributed by atoms with Crippen LogP contribution in [0.3, 0.4) is 0 Å². The summed E-state index contributed by atoms with van der Waals surface area (Å²) >= 11 is 0. The van der Waals surface area contributed by atoms with Crippen molar-refractivity contribution < 1.29 is 31.1 Å². The molecule has 2 unspecified atom stereocenters. The van der Waals surface area contributed by atoms with Crippen LogP contribution in [-0.4, -0.2) is 61.5 Å². The number of halogens is 3. The van der Waals surface area contributed by atoms with Crippen LogP contribution in [0.4, 0.5) is 19.0 Å². The van der Waals surface area contributed by atoms with Crippen LogP contribution < -0.4 is 9.64 Å². The number of para-hydroxylation sites is 1. The molecule has 180 valence electrons. The van der Waals surface area contributed by atoms with Gasteiger partial charge in [0.05, 0.1) is 11.3 Å². The van der Waals surface area contributed by atoms with Gasteiger partial charge in [0.15, 0.2) is 9.84 Å². The number of benzene rings is 1. The topological polar surface area (TPSA) is 104 Å². The summed E-state index contributed by atoms with van der Waals surface area (Å²) in [6.45, 7) is 0.787. The molecule has 2 aromatic rings. The van der Waals surface area contributed by atoms with Crippen molar-refractivity contribution in [3.05, 3.63) is 48.2 Å². The zero-order valence-electron chi connectivity index (χ0n) is 17.9. The molecule has 2 atom stereocenters. The van der Waals surface area contributed by atoms with Crippen LogP contribution in [0.2, 0.25) is 0 Å². The lowest BCUT2D eigenvalue weighted by atomic mass is 10.1. The van der Waals surface area contributed by atoms with E-state index in [-0.39, 0.29) is 24.4 Å². The monoisotopic (exact) mass is 494 g/mol. The highest BCUT2D eigenvalue weighted by Crippen LogP contribution is 2.34. The number of hydrogen-bond donors (Lipinski definition) is 0. The number of sulfone groups is 1. The highest BCUT2D eigenvalue weighted by molar-refractivity contribution is 7.91. The molecule has 2 aliphatic rings. The minimum absolute atomic E-state index is 0.0145. The zero-order chi connectivity index (χ0) is 24.5. The van der Waals surface area contributed by atoms with Crippen molar-refractivity contribution in [2.75, 3.05) is 23.7 Å². The van der Waals surface area contributed by atoms with Gasteiger partial charge in [-0.1, -0.05) is 12.1 Å². The first-order valence-corrected chi connectivity index (χ1v) is 12.2. The smallest absolute Gasteiger partial charge is 0.404 e. The minimum atomic E-state index is -5.04. The summed E-state index contributed by atoms with van der Waals surface area (Å²) in [5, 5.41) is 8.95. The number of hydrogen-bond acceptors (Lipinski definition) is 7. The third-order valence-corrected chi connectivity index (χ3v) is 7.72. The highest BCUT2D eigenvalue weighted by Gasteiger charge is 2.42. The van der Waals surface area contributed by atoms with E-state index < -0.39 is 32.6 Å². The van der Waals surface area contributed by atoms with E-state index >= 15 is 0 Å². The van der Waals surface area contributed by atoms with Crippen LogP contribution in [0.5, 0.6) is 5.75 Å². The van der Waals surface area contributed by atoms with E-state index in [4.69, 9.17) is 5.26 Å². The fraction of sp³-hybridized carbons (Fsp3) is 0.409. The largest absolute Gasteiger partial charge is 0.573 e. The number of pyridine rings is 1. The van der Waals surface area contributed by atoms with Gasteiger partial charge in [-0.3, -0.25) is 4.79 Å². The molecule has 2 bridgehead atoms. The molecule has 8 nitrogen and oxygen atoms in total. The maximum Gasteiger partial charge on any atom is 0.573 e. The average Bonchev–Trinajstić information content (AvgIpc) is 3.05. The van der Waals surface area contributed by atoms with Crippen LogP contribution in [0, 0.1) is 11.3 Å². The molecule has 2 fully saturated rings. The lowest BCUT2D eigenvalue weighted by Crippen LogP contribution is -2.55. The standard InChI is InChI=1S/C22H21F3N4O4S/c23-22(24,25)33-18-3-1-2-4-19(18)34(31,32)10-9-21(30)28-13-16-6-7-17(14-28)29(16)20-8-5-15(11-26)12-27-20/h1-5,8,12,16-17H,6-7,9-10,13-14H2. The Bertz CT molecular complexity index is 1200. The van der Waals surface area contributed by atoms with E-state index in [1.54, 1.807) is 17.0 Å². The fourth-order valence-corrected chi connectivity index (χ4v) is 5.86. The summed E-state index contributed by atoms with van der Waals surface area (Å²) in [4.78, 5) is 20.3. The maximum atomic E-state index is 12.8. The summed E-state index contributed by atoms with van der Waals surface area (Å²) in [5.74, 6) is -1.09. The number of likely N-dealkylation sites (tertiary alicyclic amines) is 1. The van der Waals surface area contributed by atoms with E-state index in [0.29, 0.717) is 18.7 Å². The molecule has 1 aromatic carbocycles. The van der Waals surface area contributed by atoms with Gasteiger partial charge >= 0.3 is 6.36 Å². The van der Waals surface area contributed by atoms with Crippen LogP contribution in [0.25, 0.3) is 0 Å². The number of anilines is 1. The molecule has 12 heteroatoms. The molecule has 4 rings (SSSR count). The second-order valence-electron chi connectivity index (χ2n) is 8.17. The van der Waals surface area contributed by atoms with Crippen LogP contribution in [0.1, 0.15) is 24.8 Å². The second kappa shape index (κ2) is 9.13. The van der Waals surface area contributed by atoms with Crippen molar-refractivity contribution in [3.63, 3.8) is 0 Å². The summed E-state index contributed by atoms with van der Waals surface area (Å²) in [5.41, 5.74) is 0.452. The molecule has 34 heavy (non-hydrogen) atoms. The summed E-state index contributed by atoms with van der Waals surface area (Å²) < 4.78 is 67.2. The number of ether oxygens (including phenoxy) is 1. The van der Waals surface area contributed by atoms with E-state index in [0.717, 1.165) is 30.8 Å². The number of nitriles is 1. The second-order valence-corrected chi connectivity index (χ2v) is 10.2. The number of carbonyl (C=O) groups excluding carboxylic acids is 1. The minimum Gasteiger partial charge on any atom is -0.404 e. The number of piperazine rings is 1. The third kappa shape index (κ3) is 5.09. The summed E-state index contributed by atoms with van der Waals surface area (Å²) in [6, 6.07) is 10.0. The highest BCUT2D eigenvalue weighted by atomic mass is 32.2. The maximum absolute atomic E-state index is 12.8. The van der Waals surface area contributed by atoms with Gasteiger partial charge in [0.2, 0.25) is 5.91 Å². The predicted octanol–water partition coefficient (Wildman–Crippen LogP) is 2.90. The lowest BCUT2D eigenvalue weighted by Gasteiger charge is -2.41. The van der Waals surface area contributed by atoms with Crippen LogP contribution in [-0.2, 0) is 14.6 Å². The molecule has 1 aromatic heterocycles. The normalized spacial score (nSPS) is 20.2. The lowest BCUT2D eigenvalue weighted by molar-refractivity contribution is -0.275. The Morgan fingerprint density at radius 1 is 1.15 bits per heavy atom. The summed E-state index contributed by atoms with van der Waals surface area (Å²) in [7, 11) is -4.19. The van der Waals surface area contributed by atoms with Gasteiger partial charge in [-0.05, 0) is 37.1 Å². The van der Waals surface area contributed by atoms with Crippen molar-refractivity contribution in [2.24, 2.45) is 0 Å². The number of fused-ring (bicyclic) bond motifs is 2. The zero-order valence-corrected chi connectivity index (χ0v) is 18.7. The Morgan fingerprint density at radius 3 is 2.41 bits per heavy atom. The van der Waals surface area contributed by atoms with E-state index in [1.165, 1.54) is 18.3 Å². The van der Waals surface area contributed by atoms with Gasteiger partial charge in [0.1, 0.15) is 22.5 Å². The van der Waals surface area contributed by atoms with Crippen LogP contribution >= 0.6 is 0 Å². The molecule has 2 aliphatic heterocycles. The fourth-order valence-electron chi connectivity index (χ4n) is 4.49. The molecular weight excluding hydrogens is 473 g/mol. The molecule has 0 saturated carbocycles. The first kappa shape index (κ1) is 23.8. The number of aromatic nitrogens is 1. The number of amides is 1. The van der Waals surface area contributed by atoms with Gasteiger partial charge in [0.25, 0.3) is 0 Å². The van der Waals surface area contributed by atoms with Gasteiger partial charge < -0.3 is 14.5 Å².